The van der Waals surface area contributed by atoms with Crippen LogP contribution < -0.4 is 0 Å². The first kappa shape index (κ1) is 22.5. The number of hydrogen-bond donors (Lipinski definition) is 6. The van der Waals surface area contributed by atoms with Crippen LogP contribution in [0.25, 0.3) is 0 Å². The topological polar surface area (TPSA) is 177 Å². The molecule has 0 fully saturated rings. The van der Waals surface area contributed by atoms with Gasteiger partial charge in [0, 0.05) is 11.9 Å². The zero-order valence-corrected chi connectivity index (χ0v) is 16.4. The third-order valence-corrected chi connectivity index (χ3v) is 7.86. The van der Waals surface area contributed by atoms with Gasteiger partial charge in [-0.3, -0.25) is 9.13 Å². The van der Waals surface area contributed by atoms with E-state index < -0.39 is 39.1 Å². The van der Waals surface area contributed by atoms with Crippen molar-refractivity contribution < 1.29 is 43.3 Å². The van der Waals surface area contributed by atoms with E-state index in [0.717, 1.165) is 5.56 Å². The third-order valence-electron chi connectivity index (χ3n) is 3.99. The minimum Gasteiger partial charge on any atom is -0.457 e. The molecular weight excluding hydrogens is 412 g/mol. The van der Waals surface area contributed by atoms with E-state index in [-0.39, 0.29) is 24.3 Å². The second kappa shape index (κ2) is 9.15. The average molecular weight is 433 g/mol. The van der Waals surface area contributed by atoms with Crippen LogP contribution in [0.2, 0.25) is 0 Å². The standard InChI is InChI=1S/C16H21NO9P2/c18-14(6-7-15(27(20,21)22)28(23,24)25)13-8-12(9-17-13)16(19)26-10-11-4-2-1-3-5-11/h1-5,8-9,14-15,17-18H,6-7,10H2,(H2,20,21,22)(H2,23,24,25). The fourth-order valence-electron chi connectivity index (χ4n) is 2.52. The Morgan fingerprint density at radius 3 is 2.21 bits per heavy atom. The molecule has 10 nitrogen and oxygen atoms in total. The molecule has 1 atom stereocenters. The quantitative estimate of drug-likeness (QED) is 0.254. The summed E-state index contributed by atoms with van der Waals surface area (Å²) in [5, 5.41) is 7.92. The number of rotatable bonds is 9. The number of ether oxygens (including phenoxy) is 1. The summed E-state index contributed by atoms with van der Waals surface area (Å²) in [5.74, 6) is -0.637. The molecule has 12 heteroatoms. The molecule has 1 heterocycles. The van der Waals surface area contributed by atoms with Gasteiger partial charge in [-0.05, 0) is 24.5 Å². The lowest BCUT2D eigenvalue weighted by atomic mass is 10.1. The molecule has 28 heavy (non-hydrogen) atoms. The van der Waals surface area contributed by atoms with Gasteiger partial charge < -0.3 is 34.4 Å². The lowest BCUT2D eigenvalue weighted by Crippen LogP contribution is -2.11. The van der Waals surface area contributed by atoms with E-state index >= 15 is 0 Å². The first-order chi connectivity index (χ1) is 13.0. The number of benzene rings is 1. The molecule has 154 valence electrons. The second-order valence-electron chi connectivity index (χ2n) is 6.16. The second-order valence-corrected chi connectivity index (χ2v) is 10.2. The third kappa shape index (κ3) is 6.39. The van der Waals surface area contributed by atoms with E-state index in [9.17, 15) is 19.0 Å². The van der Waals surface area contributed by atoms with Gasteiger partial charge >= 0.3 is 21.2 Å². The normalized spacial score (nSPS) is 13.5. The Kier molecular flexibility index (Phi) is 7.36. The summed E-state index contributed by atoms with van der Waals surface area (Å²) >= 11 is 0. The molecule has 1 unspecified atom stereocenters. The van der Waals surface area contributed by atoms with Crippen LogP contribution in [0.1, 0.15) is 40.6 Å². The molecule has 0 aliphatic carbocycles. The fourth-order valence-corrected chi connectivity index (χ4v) is 5.06. The molecule has 2 rings (SSSR count). The number of hydrogen-bond acceptors (Lipinski definition) is 5. The molecule has 0 amide bonds. The zero-order chi connectivity index (χ0) is 20.9. The Hall–Kier alpha value is -1.77. The molecule has 0 saturated carbocycles. The van der Waals surface area contributed by atoms with Crippen molar-refractivity contribution in [3.8, 4) is 0 Å². The number of H-pyrrole nitrogens is 1. The van der Waals surface area contributed by atoms with Crippen LogP contribution in [-0.4, -0.2) is 41.0 Å². The first-order valence-electron chi connectivity index (χ1n) is 8.16. The molecule has 0 saturated heterocycles. The number of carbonyl (C=O) groups is 1. The van der Waals surface area contributed by atoms with E-state index in [1.165, 1.54) is 12.3 Å². The summed E-state index contributed by atoms with van der Waals surface area (Å²) in [5.41, 5.74) is 1.08. The lowest BCUT2D eigenvalue weighted by molar-refractivity contribution is 0.0473. The van der Waals surface area contributed by atoms with Crippen molar-refractivity contribution in [2.24, 2.45) is 0 Å². The Balaban J connectivity index is 1.95. The number of aromatic amines is 1. The highest BCUT2D eigenvalue weighted by atomic mass is 31.2. The van der Waals surface area contributed by atoms with Crippen molar-refractivity contribution in [3.63, 3.8) is 0 Å². The highest BCUT2D eigenvalue weighted by Crippen LogP contribution is 2.61. The van der Waals surface area contributed by atoms with Crippen molar-refractivity contribution in [1.82, 2.24) is 4.98 Å². The van der Waals surface area contributed by atoms with Crippen LogP contribution in [-0.2, 0) is 20.5 Å². The molecule has 0 bridgehead atoms. The van der Waals surface area contributed by atoms with Crippen LogP contribution in [0.5, 0.6) is 0 Å². The molecule has 1 aromatic carbocycles. The van der Waals surface area contributed by atoms with Crippen molar-refractivity contribution in [1.29, 1.82) is 0 Å². The van der Waals surface area contributed by atoms with Gasteiger partial charge in [0.1, 0.15) is 6.61 Å². The van der Waals surface area contributed by atoms with E-state index in [1.54, 1.807) is 24.3 Å². The van der Waals surface area contributed by atoms with E-state index in [4.69, 9.17) is 24.3 Å². The van der Waals surface area contributed by atoms with Crippen molar-refractivity contribution in [2.45, 2.75) is 31.0 Å². The maximum atomic E-state index is 12.1. The summed E-state index contributed by atoms with van der Waals surface area (Å²) in [6.07, 6.45) is -0.950. The zero-order valence-electron chi connectivity index (χ0n) is 14.6. The summed E-state index contributed by atoms with van der Waals surface area (Å²) < 4.78 is 27.7. The SMILES string of the molecule is O=C(OCc1ccccc1)c1c[nH]c(C(O)CCC(P(=O)(O)O)P(=O)(O)O)c1. The Labute approximate surface area is 160 Å². The van der Waals surface area contributed by atoms with E-state index in [2.05, 4.69) is 4.98 Å². The van der Waals surface area contributed by atoms with Gasteiger partial charge in [-0.2, -0.15) is 0 Å². The molecule has 6 N–H and O–H groups in total. The fraction of sp³-hybridized carbons (Fsp3) is 0.312. The molecule has 0 aliphatic rings. The van der Waals surface area contributed by atoms with Crippen molar-refractivity contribution in [3.05, 3.63) is 59.4 Å². The van der Waals surface area contributed by atoms with Crippen LogP contribution in [0.4, 0.5) is 0 Å². The maximum Gasteiger partial charge on any atom is 0.340 e. The molecule has 0 radical (unpaired) electrons. The highest BCUT2D eigenvalue weighted by Gasteiger charge is 2.43. The minimum absolute atomic E-state index is 0.0645. The molecule has 1 aromatic heterocycles. The van der Waals surface area contributed by atoms with E-state index in [1.807, 2.05) is 6.07 Å². The smallest absolute Gasteiger partial charge is 0.340 e. The average Bonchev–Trinajstić information content (AvgIpc) is 3.08. The van der Waals surface area contributed by atoms with Crippen molar-refractivity contribution in [2.75, 3.05) is 0 Å². The number of aromatic nitrogens is 1. The maximum absolute atomic E-state index is 12.1. The summed E-state index contributed by atoms with van der Waals surface area (Å²) in [6.45, 7) is 0.0645. The first-order valence-corrected chi connectivity index (χ1v) is 11.5. The molecule has 2 aromatic rings. The minimum atomic E-state index is -5.05. The predicted molar refractivity (Wildman–Crippen MR) is 98.4 cm³/mol. The molecule has 0 aliphatic heterocycles. The van der Waals surface area contributed by atoms with Gasteiger partial charge in [0.05, 0.1) is 11.7 Å². The predicted octanol–water partition coefficient (Wildman–Crippen LogP) is 1.87. The summed E-state index contributed by atoms with van der Waals surface area (Å²) in [6, 6.07) is 10.3. The van der Waals surface area contributed by atoms with Gasteiger partial charge in [0.25, 0.3) is 0 Å². The highest BCUT2D eigenvalue weighted by molar-refractivity contribution is 7.70. The van der Waals surface area contributed by atoms with Crippen LogP contribution in [0, 0.1) is 0 Å². The van der Waals surface area contributed by atoms with Crippen LogP contribution in [0.15, 0.2) is 42.6 Å². The van der Waals surface area contributed by atoms with Gasteiger partial charge in [-0.15, -0.1) is 0 Å². The Morgan fingerprint density at radius 1 is 1.04 bits per heavy atom. The number of aliphatic hydroxyl groups excluding tert-OH is 1. The van der Waals surface area contributed by atoms with Crippen LogP contribution in [0.3, 0.4) is 0 Å². The number of esters is 1. The summed E-state index contributed by atoms with van der Waals surface area (Å²) in [4.78, 5) is 51.1. The van der Waals surface area contributed by atoms with Gasteiger partial charge in [0.15, 0.2) is 5.40 Å². The lowest BCUT2D eigenvalue weighted by Gasteiger charge is -2.20. The monoisotopic (exact) mass is 433 g/mol. The van der Waals surface area contributed by atoms with Crippen LogP contribution >= 0.6 is 15.2 Å². The van der Waals surface area contributed by atoms with Gasteiger partial charge in [-0.25, -0.2) is 4.79 Å². The number of aliphatic hydroxyl groups is 1. The largest absolute Gasteiger partial charge is 0.457 e. The Morgan fingerprint density at radius 2 is 1.64 bits per heavy atom. The number of carbonyl (C=O) groups excluding carboxylic acids is 1. The Bertz CT molecular complexity index is 865. The molecular formula is C16H21NO9P2. The molecule has 0 spiro atoms. The number of nitrogens with one attached hydrogen (secondary N) is 1. The van der Waals surface area contributed by atoms with Gasteiger partial charge in [0.2, 0.25) is 0 Å². The van der Waals surface area contributed by atoms with Gasteiger partial charge in [-0.1, -0.05) is 30.3 Å². The van der Waals surface area contributed by atoms with E-state index in [0.29, 0.717) is 0 Å². The van der Waals surface area contributed by atoms with Crippen molar-refractivity contribution >= 4 is 21.2 Å². The summed E-state index contributed by atoms with van der Waals surface area (Å²) in [7, 11) is -10.1.